The SMILES string of the molecule is Cc1csc(NC(=O)COC(=O)c2ccc(Br)cc2)n1. The van der Waals surface area contributed by atoms with E-state index in [1.807, 2.05) is 12.3 Å². The fourth-order valence-corrected chi connectivity index (χ4v) is 2.34. The number of amides is 1. The van der Waals surface area contributed by atoms with Crippen molar-refractivity contribution in [2.24, 2.45) is 0 Å². The number of nitrogens with zero attached hydrogens (tertiary/aromatic N) is 1. The van der Waals surface area contributed by atoms with Crippen LogP contribution in [0.1, 0.15) is 16.1 Å². The van der Waals surface area contributed by atoms with Crippen LogP contribution < -0.4 is 5.32 Å². The molecule has 1 N–H and O–H groups in total. The Bertz CT molecular complexity index is 625. The van der Waals surface area contributed by atoms with Crippen LogP contribution in [0.4, 0.5) is 5.13 Å². The number of aromatic nitrogens is 1. The molecule has 5 nitrogen and oxygen atoms in total. The molecule has 0 aliphatic heterocycles. The number of hydrogen-bond acceptors (Lipinski definition) is 5. The van der Waals surface area contributed by atoms with E-state index in [1.54, 1.807) is 24.3 Å². The highest BCUT2D eigenvalue weighted by Crippen LogP contribution is 2.14. The molecule has 0 fully saturated rings. The molecule has 104 valence electrons. The summed E-state index contributed by atoms with van der Waals surface area (Å²) in [4.78, 5) is 27.4. The summed E-state index contributed by atoms with van der Waals surface area (Å²) in [5, 5.41) is 4.88. The predicted octanol–water partition coefficient (Wildman–Crippen LogP) is 3.01. The molecule has 0 unspecified atom stereocenters. The number of hydrogen-bond donors (Lipinski definition) is 1. The normalized spacial score (nSPS) is 10.1. The third-order valence-electron chi connectivity index (χ3n) is 2.28. The fourth-order valence-electron chi connectivity index (χ4n) is 1.37. The number of carbonyl (C=O) groups is 2. The zero-order valence-electron chi connectivity index (χ0n) is 10.6. The van der Waals surface area contributed by atoms with Crippen molar-refractivity contribution in [1.82, 2.24) is 4.98 Å². The number of benzene rings is 1. The standard InChI is InChI=1S/C13H11BrN2O3S/c1-8-7-20-13(15-8)16-11(17)6-19-12(18)9-2-4-10(14)5-3-9/h2-5,7H,6H2,1H3,(H,15,16,17). The van der Waals surface area contributed by atoms with E-state index in [2.05, 4.69) is 26.2 Å². The molecular weight excluding hydrogens is 344 g/mol. The van der Waals surface area contributed by atoms with Crippen molar-refractivity contribution in [1.29, 1.82) is 0 Å². The number of carbonyl (C=O) groups excluding carboxylic acids is 2. The van der Waals surface area contributed by atoms with Gasteiger partial charge in [-0.2, -0.15) is 0 Å². The van der Waals surface area contributed by atoms with E-state index in [1.165, 1.54) is 11.3 Å². The lowest BCUT2D eigenvalue weighted by atomic mass is 10.2. The summed E-state index contributed by atoms with van der Waals surface area (Å²) in [5.41, 5.74) is 1.23. The molecule has 1 amide bonds. The molecule has 0 bridgehead atoms. The van der Waals surface area contributed by atoms with Gasteiger partial charge in [-0.1, -0.05) is 15.9 Å². The highest BCUT2D eigenvalue weighted by molar-refractivity contribution is 9.10. The number of nitrogens with one attached hydrogen (secondary N) is 1. The van der Waals surface area contributed by atoms with Gasteiger partial charge in [-0.15, -0.1) is 11.3 Å². The number of esters is 1. The van der Waals surface area contributed by atoms with Gasteiger partial charge in [-0.3, -0.25) is 10.1 Å². The maximum Gasteiger partial charge on any atom is 0.338 e. The van der Waals surface area contributed by atoms with Crippen LogP contribution in [0.25, 0.3) is 0 Å². The lowest BCUT2D eigenvalue weighted by Crippen LogP contribution is -2.20. The molecule has 0 radical (unpaired) electrons. The summed E-state index contributed by atoms with van der Waals surface area (Å²) < 4.78 is 5.79. The predicted molar refractivity (Wildman–Crippen MR) is 79.9 cm³/mol. The van der Waals surface area contributed by atoms with E-state index in [9.17, 15) is 9.59 Å². The first-order valence-corrected chi connectivity index (χ1v) is 7.36. The number of thiazole rings is 1. The van der Waals surface area contributed by atoms with E-state index < -0.39 is 11.9 Å². The Morgan fingerprint density at radius 2 is 2.05 bits per heavy atom. The molecule has 0 saturated carbocycles. The summed E-state index contributed by atoms with van der Waals surface area (Å²) in [6.45, 7) is 1.49. The van der Waals surface area contributed by atoms with Crippen molar-refractivity contribution < 1.29 is 14.3 Å². The van der Waals surface area contributed by atoms with Crippen LogP contribution in [0.2, 0.25) is 0 Å². The first-order chi connectivity index (χ1) is 9.54. The van der Waals surface area contributed by atoms with Crippen LogP contribution in [0.15, 0.2) is 34.1 Å². The second-order valence-corrected chi connectivity index (χ2v) is 5.70. The van der Waals surface area contributed by atoms with Crippen LogP contribution in [0.3, 0.4) is 0 Å². The van der Waals surface area contributed by atoms with E-state index in [0.29, 0.717) is 10.7 Å². The molecule has 2 rings (SSSR count). The Morgan fingerprint density at radius 3 is 2.65 bits per heavy atom. The molecule has 2 aromatic rings. The molecule has 1 aromatic heterocycles. The maximum atomic E-state index is 11.7. The van der Waals surface area contributed by atoms with Crippen molar-refractivity contribution in [3.8, 4) is 0 Å². The Hall–Kier alpha value is -1.73. The summed E-state index contributed by atoms with van der Waals surface area (Å²) >= 11 is 4.60. The molecule has 1 heterocycles. The monoisotopic (exact) mass is 354 g/mol. The van der Waals surface area contributed by atoms with Gasteiger partial charge in [0.2, 0.25) is 0 Å². The fraction of sp³-hybridized carbons (Fsp3) is 0.154. The number of halogens is 1. The quantitative estimate of drug-likeness (QED) is 0.856. The Morgan fingerprint density at radius 1 is 1.35 bits per heavy atom. The lowest BCUT2D eigenvalue weighted by molar-refractivity contribution is -0.119. The number of rotatable bonds is 4. The van der Waals surface area contributed by atoms with Crippen LogP contribution >= 0.6 is 27.3 Å². The molecule has 0 saturated heterocycles. The number of aryl methyl sites for hydroxylation is 1. The van der Waals surface area contributed by atoms with Crippen LogP contribution in [-0.2, 0) is 9.53 Å². The zero-order valence-corrected chi connectivity index (χ0v) is 13.0. The Labute approximate surface area is 128 Å². The van der Waals surface area contributed by atoms with E-state index in [0.717, 1.165) is 10.2 Å². The molecule has 1 aromatic carbocycles. The molecule has 0 spiro atoms. The zero-order chi connectivity index (χ0) is 14.5. The van der Waals surface area contributed by atoms with E-state index in [4.69, 9.17) is 4.74 Å². The van der Waals surface area contributed by atoms with E-state index >= 15 is 0 Å². The van der Waals surface area contributed by atoms with Crippen molar-refractivity contribution in [3.05, 3.63) is 45.4 Å². The Balaban J connectivity index is 1.84. The summed E-state index contributed by atoms with van der Waals surface area (Å²) in [7, 11) is 0. The van der Waals surface area contributed by atoms with Gasteiger partial charge in [0, 0.05) is 9.85 Å². The minimum atomic E-state index is -0.539. The summed E-state index contributed by atoms with van der Waals surface area (Å²) in [6, 6.07) is 6.70. The first-order valence-electron chi connectivity index (χ1n) is 5.69. The average Bonchev–Trinajstić information content (AvgIpc) is 2.82. The second kappa shape index (κ2) is 6.62. The van der Waals surface area contributed by atoms with Crippen molar-refractivity contribution in [3.63, 3.8) is 0 Å². The van der Waals surface area contributed by atoms with Crippen molar-refractivity contribution in [2.75, 3.05) is 11.9 Å². The smallest absolute Gasteiger partial charge is 0.338 e. The maximum absolute atomic E-state index is 11.7. The van der Waals surface area contributed by atoms with Crippen LogP contribution in [0, 0.1) is 6.92 Å². The van der Waals surface area contributed by atoms with Crippen LogP contribution in [-0.4, -0.2) is 23.5 Å². The summed E-state index contributed by atoms with van der Waals surface area (Å²) in [6.07, 6.45) is 0. The van der Waals surface area contributed by atoms with Gasteiger partial charge in [0.15, 0.2) is 11.7 Å². The molecule has 0 aliphatic carbocycles. The van der Waals surface area contributed by atoms with Gasteiger partial charge in [0.25, 0.3) is 5.91 Å². The molecule has 20 heavy (non-hydrogen) atoms. The highest BCUT2D eigenvalue weighted by atomic mass is 79.9. The van der Waals surface area contributed by atoms with Gasteiger partial charge in [0.1, 0.15) is 0 Å². The van der Waals surface area contributed by atoms with Gasteiger partial charge in [-0.05, 0) is 31.2 Å². The lowest BCUT2D eigenvalue weighted by Gasteiger charge is -2.04. The molecule has 7 heteroatoms. The minimum absolute atomic E-state index is 0.340. The number of anilines is 1. The average molecular weight is 355 g/mol. The van der Waals surface area contributed by atoms with Gasteiger partial charge in [0.05, 0.1) is 11.3 Å². The summed E-state index contributed by atoms with van der Waals surface area (Å²) in [5.74, 6) is -0.951. The minimum Gasteiger partial charge on any atom is -0.452 e. The van der Waals surface area contributed by atoms with Crippen LogP contribution in [0.5, 0.6) is 0 Å². The Kier molecular flexibility index (Phi) is 4.86. The first kappa shape index (κ1) is 14.7. The van der Waals surface area contributed by atoms with Gasteiger partial charge >= 0.3 is 5.97 Å². The highest BCUT2D eigenvalue weighted by Gasteiger charge is 2.11. The molecule has 0 atom stereocenters. The third-order valence-corrected chi connectivity index (χ3v) is 3.68. The van der Waals surface area contributed by atoms with E-state index in [-0.39, 0.29) is 6.61 Å². The molecule has 0 aliphatic rings. The topological polar surface area (TPSA) is 68.3 Å². The second-order valence-electron chi connectivity index (χ2n) is 3.93. The van der Waals surface area contributed by atoms with Crippen molar-refractivity contribution >= 4 is 44.3 Å². The molecular formula is C13H11BrN2O3S. The van der Waals surface area contributed by atoms with Gasteiger partial charge in [-0.25, -0.2) is 9.78 Å². The number of ether oxygens (including phenoxy) is 1. The van der Waals surface area contributed by atoms with Crippen molar-refractivity contribution in [2.45, 2.75) is 6.92 Å². The third kappa shape index (κ3) is 4.14. The largest absolute Gasteiger partial charge is 0.452 e. The van der Waals surface area contributed by atoms with Gasteiger partial charge < -0.3 is 4.74 Å².